The van der Waals surface area contributed by atoms with E-state index >= 15 is 0 Å². The molecule has 0 spiro atoms. The molecule has 4 heteroatoms. The fraction of sp³-hybridized carbons (Fsp3) is 0.846. The van der Waals surface area contributed by atoms with Crippen molar-refractivity contribution in [3.8, 4) is 6.07 Å². The van der Waals surface area contributed by atoms with E-state index < -0.39 is 5.41 Å². The average molecular weight is 236 g/mol. The molecule has 94 valence electrons. The van der Waals surface area contributed by atoms with Crippen molar-refractivity contribution in [3.63, 3.8) is 0 Å². The minimum Gasteiger partial charge on any atom is -0.376 e. The zero-order valence-corrected chi connectivity index (χ0v) is 10.5. The number of ether oxygens (including phenoxy) is 1. The summed E-state index contributed by atoms with van der Waals surface area (Å²) >= 11 is 0. The van der Waals surface area contributed by atoms with Gasteiger partial charge < -0.3 is 10.1 Å². The summed E-state index contributed by atoms with van der Waals surface area (Å²) in [4.78, 5) is 12.1. The first-order valence-corrected chi connectivity index (χ1v) is 6.44. The highest BCUT2D eigenvalue weighted by Crippen LogP contribution is 2.39. The van der Waals surface area contributed by atoms with Crippen LogP contribution in [0.2, 0.25) is 0 Å². The SMILES string of the molecule is CCC(C)(C#N)C(=O)NC1CCOC1C1CC1. The number of nitrogens with zero attached hydrogens (tertiary/aromatic N) is 1. The lowest BCUT2D eigenvalue weighted by atomic mass is 9.88. The van der Waals surface area contributed by atoms with Crippen molar-refractivity contribution in [2.24, 2.45) is 11.3 Å². The van der Waals surface area contributed by atoms with Crippen LogP contribution in [-0.2, 0) is 9.53 Å². The van der Waals surface area contributed by atoms with Gasteiger partial charge in [-0.2, -0.15) is 5.26 Å². The Kier molecular flexibility index (Phi) is 3.39. The molecule has 3 unspecified atom stereocenters. The molecule has 1 aliphatic carbocycles. The van der Waals surface area contributed by atoms with E-state index in [1.807, 2.05) is 6.92 Å². The summed E-state index contributed by atoms with van der Waals surface area (Å²) in [7, 11) is 0. The molecule has 0 aromatic rings. The number of amides is 1. The molecule has 2 rings (SSSR count). The molecule has 0 aromatic heterocycles. The second-order valence-electron chi connectivity index (χ2n) is 5.34. The molecular formula is C13H20N2O2. The summed E-state index contributed by atoms with van der Waals surface area (Å²) in [6.07, 6.45) is 4.01. The van der Waals surface area contributed by atoms with Crippen molar-refractivity contribution in [2.45, 2.75) is 51.7 Å². The maximum Gasteiger partial charge on any atom is 0.240 e. The van der Waals surface area contributed by atoms with Gasteiger partial charge in [0.25, 0.3) is 0 Å². The van der Waals surface area contributed by atoms with Crippen molar-refractivity contribution >= 4 is 5.91 Å². The number of hydrogen-bond acceptors (Lipinski definition) is 3. The molecule has 1 amide bonds. The highest BCUT2D eigenvalue weighted by molar-refractivity contribution is 5.85. The van der Waals surface area contributed by atoms with Gasteiger partial charge >= 0.3 is 0 Å². The Hall–Kier alpha value is -1.08. The van der Waals surface area contributed by atoms with Crippen LogP contribution in [0.3, 0.4) is 0 Å². The second-order valence-corrected chi connectivity index (χ2v) is 5.34. The molecular weight excluding hydrogens is 216 g/mol. The predicted molar refractivity (Wildman–Crippen MR) is 63.0 cm³/mol. The topological polar surface area (TPSA) is 62.1 Å². The third-order valence-corrected chi connectivity index (χ3v) is 3.99. The van der Waals surface area contributed by atoms with Crippen LogP contribution < -0.4 is 5.32 Å². The molecule has 1 saturated heterocycles. The molecule has 4 nitrogen and oxygen atoms in total. The molecule has 2 aliphatic rings. The summed E-state index contributed by atoms with van der Waals surface area (Å²) < 4.78 is 5.67. The second kappa shape index (κ2) is 4.66. The van der Waals surface area contributed by atoms with E-state index in [0.29, 0.717) is 12.3 Å². The number of rotatable bonds is 4. The van der Waals surface area contributed by atoms with Gasteiger partial charge in [0.05, 0.1) is 18.2 Å². The standard InChI is InChI=1S/C13H20N2O2/c1-3-13(2,8-14)12(16)15-10-6-7-17-11(10)9-4-5-9/h9-11H,3-7H2,1-2H3,(H,15,16). The van der Waals surface area contributed by atoms with Crippen LogP contribution in [0, 0.1) is 22.7 Å². The minimum absolute atomic E-state index is 0.106. The summed E-state index contributed by atoms with van der Waals surface area (Å²) in [5, 5.41) is 12.1. The van der Waals surface area contributed by atoms with Crippen molar-refractivity contribution in [2.75, 3.05) is 6.61 Å². The zero-order valence-electron chi connectivity index (χ0n) is 10.5. The Bertz CT molecular complexity index is 346. The van der Waals surface area contributed by atoms with Crippen molar-refractivity contribution in [3.05, 3.63) is 0 Å². The maximum atomic E-state index is 12.1. The fourth-order valence-electron chi connectivity index (χ4n) is 2.27. The fourth-order valence-corrected chi connectivity index (χ4v) is 2.27. The molecule has 3 atom stereocenters. The van der Waals surface area contributed by atoms with Crippen LogP contribution in [0.1, 0.15) is 39.5 Å². The Morgan fingerprint density at radius 2 is 2.24 bits per heavy atom. The molecule has 1 aliphatic heterocycles. The van der Waals surface area contributed by atoms with Gasteiger partial charge in [-0.3, -0.25) is 4.79 Å². The molecule has 1 saturated carbocycles. The lowest BCUT2D eigenvalue weighted by Crippen LogP contribution is -2.47. The molecule has 1 N–H and O–H groups in total. The van der Waals surface area contributed by atoms with Crippen LogP contribution in [0.4, 0.5) is 0 Å². The first kappa shape index (κ1) is 12.4. The van der Waals surface area contributed by atoms with E-state index in [4.69, 9.17) is 10.00 Å². The van der Waals surface area contributed by atoms with Crippen molar-refractivity contribution < 1.29 is 9.53 Å². The molecule has 0 bridgehead atoms. The van der Waals surface area contributed by atoms with E-state index in [1.54, 1.807) is 6.92 Å². The normalized spacial score (nSPS) is 31.6. The third-order valence-electron chi connectivity index (χ3n) is 3.99. The van der Waals surface area contributed by atoms with Gasteiger partial charge in [0.1, 0.15) is 5.41 Å². The van der Waals surface area contributed by atoms with E-state index in [2.05, 4.69) is 11.4 Å². The number of nitrogens with one attached hydrogen (secondary N) is 1. The highest BCUT2D eigenvalue weighted by Gasteiger charge is 2.43. The lowest BCUT2D eigenvalue weighted by molar-refractivity contribution is -0.128. The molecule has 0 radical (unpaired) electrons. The van der Waals surface area contributed by atoms with Crippen LogP contribution in [-0.4, -0.2) is 24.7 Å². The van der Waals surface area contributed by atoms with Crippen LogP contribution in [0.25, 0.3) is 0 Å². The van der Waals surface area contributed by atoms with Crippen molar-refractivity contribution in [1.82, 2.24) is 5.32 Å². The predicted octanol–water partition coefficient (Wildman–Crippen LogP) is 1.61. The third kappa shape index (κ3) is 2.44. The van der Waals surface area contributed by atoms with Gasteiger partial charge in [-0.25, -0.2) is 0 Å². The Morgan fingerprint density at radius 1 is 1.53 bits per heavy atom. The van der Waals surface area contributed by atoms with E-state index in [-0.39, 0.29) is 18.1 Å². The minimum atomic E-state index is -0.906. The molecule has 0 aromatic carbocycles. The van der Waals surface area contributed by atoms with Gasteiger partial charge in [0.2, 0.25) is 5.91 Å². The number of carbonyl (C=O) groups excluding carboxylic acids is 1. The largest absolute Gasteiger partial charge is 0.376 e. The van der Waals surface area contributed by atoms with E-state index in [0.717, 1.165) is 13.0 Å². The smallest absolute Gasteiger partial charge is 0.240 e. The van der Waals surface area contributed by atoms with Crippen LogP contribution in [0.15, 0.2) is 0 Å². The average Bonchev–Trinajstić information content (AvgIpc) is 3.09. The van der Waals surface area contributed by atoms with E-state index in [9.17, 15) is 4.79 Å². The first-order valence-electron chi connectivity index (χ1n) is 6.44. The first-order chi connectivity index (χ1) is 8.10. The van der Waals surface area contributed by atoms with Crippen LogP contribution in [0.5, 0.6) is 0 Å². The number of nitriles is 1. The number of carbonyl (C=O) groups is 1. The summed E-state index contributed by atoms with van der Waals surface area (Å²) in [5.41, 5.74) is -0.906. The Labute approximate surface area is 102 Å². The van der Waals surface area contributed by atoms with Gasteiger partial charge in [-0.1, -0.05) is 6.92 Å². The molecule has 1 heterocycles. The lowest BCUT2D eigenvalue weighted by Gasteiger charge is -2.24. The van der Waals surface area contributed by atoms with Gasteiger partial charge in [-0.15, -0.1) is 0 Å². The Balaban J connectivity index is 1.96. The summed E-state index contributed by atoms with van der Waals surface area (Å²) in [6, 6.07) is 2.21. The molecule has 17 heavy (non-hydrogen) atoms. The highest BCUT2D eigenvalue weighted by atomic mass is 16.5. The zero-order chi connectivity index (χ0) is 12.5. The quantitative estimate of drug-likeness (QED) is 0.806. The molecule has 2 fully saturated rings. The Morgan fingerprint density at radius 3 is 2.76 bits per heavy atom. The van der Waals surface area contributed by atoms with Gasteiger partial charge in [0.15, 0.2) is 0 Å². The van der Waals surface area contributed by atoms with Crippen molar-refractivity contribution in [1.29, 1.82) is 5.26 Å². The summed E-state index contributed by atoms with van der Waals surface area (Å²) in [5.74, 6) is 0.474. The number of hydrogen-bond donors (Lipinski definition) is 1. The van der Waals surface area contributed by atoms with Crippen LogP contribution >= 0.6 is 0 Å². The van der Waals surface area contributed by atoms with E-state index in [1.165, 1.54) is 12.8 Å². The summed E-state index contributed by atoms with van der Waals surface area (Å²) in [6.45, 7) is 4.29. The van der Waals surface area contributed by atoms with Gasteiger partial charge in [0, 0.05) is 6.61 Å². The van der Waals surface area contributed by atoms with Gasteiger partial charge in [-0.05, 0) is 38.5 Å². The maximum absolute atomic E-state index is 12.1. The monoisotopic (exact) mass is 236 g/mol.